The van der Waals surface area contributed by atoms with Crippen LogP contribution in [0.1, 0.15) is 18.3 Å². The van der Waals surface area contributed by atoms with Crippen molar-refractivity contribution in [1.29, 1.82) is 0 Å². The van der Waals surface area contributed by atoms with E-state index >= 15 is 0 Å². The highest BCUT2D eigenvalue weighted by atomic mass is 16.7. The van der Waals surface area contributed by atoms with E-state index in [0.29, 0.717) is 11.3 Å². The maximum absolute atomic E-state index is 10.8. The summed E-state index contributed by atoms with van der Waals surface area (Å²) in [6, 6.07) is 0. The van der Waals surface area contributed by atoms with Gasteiger partial charge in [-0.2, -0.15) is 5.10 Å². The molecule has 114 valence electrons. The fourth-order valence-corrected chi connectivity index (χ4v) is 2.58. The Hall–Kier alpha value is -1.65. The van der Waals surface area contributed by atoms with Gasteiger partial charge in [0, 0.05) is 0 Å². The average molecular weight is 296 g/mol. The highest BCUT2D eigenvalue weighted by Gasteiger charge is 2.64. The Morgan fingerprint density at radius 2 is 2.10 bits per heavy atom. The lowest BCUT2D eigenvalue weighted by atomic mass is 9.88. The van der Waals surface area contributed by atoms with Crippen LogP contribution in [0.15, 0.2) is 12.5 Å². The smallest absolute Gasteiger partial charge is 0.244 e. The minimum Gasteiger partial charge on any atom is -0.394 e. The monoisotopic (exact) mass is 296 g/mol. The molecule has 0 amide bonds. The standard InChI is InChI=1S/C12H16N4O5/c1-6-10-13-3-8(16(10)15-5-14-6)12(20)11(2,19)9(18)7(4-17)21-12/h3,5,7,9,17-20H,4H2,1-2H3/t7-,9-,11-,12?/m1/s1. The van der Waals surface area contributed by atoms with Gasteiger partial charge in [0.05, 0.1) is 18.5 Å². The fraction of sp³-hybridized carbons (Fsp3) is 0.583. The topological polar surface area (TPSA) is 133 Å². The fourth-order valence-electron chi connectivity index (χ4n) is 2.58. The number of rotatable bonds is 2. The molecule has 0 radical (unpaired) electrons. The summed E-state index contributed by atoms with van der Waals surface area (Å²) in [4.78, 5) is 8.08. The first-order valence-corrected chi connectivity index (χ1v) is 6.40. The molecule has 4 atom stereocenters. The van der Waals surface area contributed by atoms with Crippen LogP contribution in [0.5, 0.6) is 0 Å². The van der Waals surface area contributed by atoms with Crippen LogP contribution in [0.3, 0.4) is 0 Å². The van der Waals surface area contributed by atoms with Crippen molar-refractivity contribution < 1.29 is 25.2 Å². The van der Waals surface area contributed by atoms with Gasteiger partial charge in [-0.15, -0.1) is 0 Å². The van der Waals surface area contributed by atoms with Crippen LogP contribution in [0.4, 0.5) is 0 Å². The van der Waals surface area contributed by atoms with Gasteiger partial charge in [-0.3, -0.25) is 0 Å². The lowest BCUT2D eigenvalue weighted by molar-refractivity contribution is -0.276. The summed E-state index contributed by atoms with van der Waals surface area (Å²) in [5.74, 6) is -2.26. The van der Waals surface area contributed by atoms with E-state index in [1.54, 1.807) is 6.92 Å². The van der Waals surface area contributed by atoms with Crippen LogP contribution < -0.4 is 0 Å². The molecular formula is C12H16N4O5. The molecule has 3 rings (SSSR count). The zero-order chi connectivity index (χ0) is 15.4. The Morgan fingerprint density at radius 1 is 1.38 bits per heavy atom. The van der Waals surface area contributed by atoms with Gasteiger partial charge in [-0.1, -0.05) is 0 Å². The van der Waals surface area contributed by atoms with Crippen molar-refractivity contribution in [1.82, 2.24) is 19.6 Å². The average Bonchev–Trinajstić information content (AvgIpc) is 2.95. The van der Waals surface area contributed by atoms with Crippen LogP contribution in [0.25, 0.3) is 5.65 Å². The first kappa shape index (κ1) is 14.3. The number of ether oxygens (including phenoxy) is 1. The second-order valence-electron chi connectivity index (χ2n) is 5.30. The number of hydrogen-bond acceptors (Lipinski definition) is 8. The quantitative estimate of drug-likeness (QED) is 0.504. The number of imidazole rings is 1. The number of hydrogen-bond donors (Lipinski definition) is 4. The van der Waals surface area contributed by atoms with Crippen LogP contribution in [-0.4, -0.2) is 64.4 Å². The van der Waals surface area contributed by atoms with E-state index in [1.807, 2.05) is 0 Å². The highest BCUT2D eigenvalue weighted by molar-refractivity contribution is 5.44. The van der Waals surface area contributed by atoms with Gasteiger partial charge < -0.3 is 25.2 Å². The highest BCUT2D eigenvalue weighted by Crippen LogP contribution is 2.44. The summed E-state index contributed by atoms with van der Waals surface area (Å²) in [5.41, 5.74) is -1.03. The normalized spacial score (nSPS) is 36.5. The SMILES string of the molecule is Cc1ncnn2c(C3(O)O[C@H](CO)[C@@H](O)[C@@]3(C)O)cnc12. The summed E-state index contributed by atoms with van der Waals surface area (Å²) < 4.78 is 6.58. The van der Waals surface area contributed by atoms with Gasteiger partial charge in [-0.05, 0) is 13.8 Å². The molecule has 1 fully saturated rings. The summed E-state index contributed by atoms with van der Waals surface area (Å²) in [6.07, 6.45) is -0.0298. The molecule has 3 heterocycles. The van der Waals surface area contributed by atoms with Gasteiger partial charge in [0.25, 0.3) is 0 Å². The predicted molar refractivity (Wildman–Crippen MR) is 68.0 cm³/mol. The third-order valence-electron chi connectivity index (χ3n) is 3.94. The Morgan fingerprint density at radius 3 is 2.71 bits per heavy atom. The minimum absolute atomic E-state index is 0.0444. The second-order valence-corrected chi connectivity index (χ2v) is 5.30. The van der Waals surface area contributed by atoms with Gasteiger partial charge in [0.15, 0.2) is 5.65 Å². The molecule has 1 aliphatic rings. The lowest BCUT2D eigenvalue weighted by Gasteiger charge is -2.33. The van der Waals surface area contributed by atoms with E-state index in [2.05, 4.69) is 15.1 Å². The van der Waals surface area contributed by atoms with Crippen molar-refractivity contribution >= 4 is 5.65 Å². The zero-order valence-electron chi connectivity index (χ0n) is 11.5. The maximum atomic E-state index is 10.8. The second kappa shape index (κ2) is 4.42. The van der Waals surface area contributed by atoms with E-state index in [4.69, 9.17) is 4.74 Å². The number of aromatic nitrogens is 4. The molecule has 1 saturated heterocycles. The molecule has 9 nitrogen and oxygen atoms in total. The molecule has 0 spiro atoms. The van der Waals surface area contributed by atoms with E-state index in [9.17, 15) is 20.4 Å². The van der Waals surface area contributed by atoms with Crippen molar-refractivity contribution in [3.05, 3.63) is 23.9 Å². The summed E-state index contributed by atoms with van der Waals surface area (Å²) >= 11 is 0. The van der Waals surface area contributed by atoms with Crippen LogP contribution in [0, 0.1) is 6.92 Å². The molecule has 0 aromatic carbocycles. The number of fused-ring (bicyclic) bond motifs is 1. The van der Waals surface area contributed by atoms with E-state index in [1.165, 1.54) is 24.0 Å². The van der Waals surface area contributed by atoms with Crippen molar-refractivity contribution in [2.24, 2.45) is 0 Å². The molecule has 9 heteroatoms. The van der Waals surface area contributed by atoms with E-state index < -0.39 is 30.2 Å². The van der Waals surface area contributed by atoms with Crippen molar-refractivity contribution in [3.8, 4) is 0 Å². The molecule has 0 bridgehead atoms. The van der Waals surface area contributed by atoms with Crippen LogP contribution in [-0.2, 0) is 10.5 Å². The maximum Gasteiger partial charge on any atom is 0.244 e. The summed E-state index contributed by atoms with van der Waals surface area (Å²) in [6.45, 7) is 2.39. The Kier molecular flexibility index (Phi) is 3.01. The van der Waals surface area contributed by atoms with Gasteiger partial charge >= 0.3 is 0 Å². The molecule has 4 N–H and O–H groups in total. The Balaban J connectivity index is 2.19. The molecule has 2 aromatic rings. The third kappa shape index (κ3) is 1.72. The van der Waals surface area contributed by atoms with Gasteiger partial charge in [0.1, 0.15) is 29.8 Å². The van der Waals surface area contributed by atoms with Crippen LogP contribution in [0.2, 0.25) is 0 Å². The number of nitrogens with zero attached hydrogens (tertiary/aromatic N) is 4. The van der Waals surface area contributed by atoms with Crippen molar-refractivity contribution in [2.75, 3.05) is 6.61 Å². The molecular weight excluding hydrogens is 280 g/mol. The lowest BCUT2D eigenvalue weighted by Crippen LogP contribution is -2.53. The molecule has 2 aromatic heterocycles. The molecule has 0 aliphatic carbocycles. The number of aliphatic hydroxyl groups excluding tert-OH is 2. The minimum atomic E-state index is -2.26. The van der Waals surface area contributed by atoms with E-state index in [0.717, 1.165) is 0 Å². The number of aliphatic hydroxyl groups is 4. The Labute approximate surface area is 119 Å². The number of aryl methyl sites for hydroxylation is 1. The van der Waals surface area contributed by atoms with Gasteiger partial charge in [0.2, 0.25) is 5.79 Å². The third-order valence-corrected chi connectivity index (χ3v) is 3.94. The molecule has 21 heavy (non-hydrogen) atoms. The zero-order valence-corrected chi connectivity index (χ0v) is 11.5. The van der Waals surface area contributed by atoms with Gasteiger partial charge in [-0.25, -0.2) is 14.5 Å². The summed E-state index contributed by atoms with van der Waals surface area (Å²) in [5, 5.41) is 44.4. The largest absolute Gasteiger partial charge is 0.394 e. The molecule has 1 unspecified atom stereocenters. The molecule has 1 aliphatic heterocycles. The van der Waals surface area contributed by atoms with Crippen molar-refractivity contribution in [3.63, 3.8) is 0 Å². The first-order chi connectivity index (χ1) is 9.83. The van der Waals surface area contributed by atoms with Crippen molar-refractivity contribution in [2.45, 2.75) is 37.4 Å². The summed E-state index contributed by atoms with van der Waals surface area (Å²) in [7, 11) is 0. The Bertz CT molecular complexity index is 687. The van der Waals surface area contributed by atoms with E-state index in [-0.39, 0.29) is 5.69 Å². The predicted octanol–water partition coefficient (Wildman–Crippen LogP) is -1.92. The van der Waals surface area contributed by atoms with Crippen LogP contribution >= 0.6 is 0 Å². The molecule has 0 saturated carbocycles. The first-order valence-electron chi connectivity index (χ1n) is 6.40.